The minimum atomic E-state index is -5.83. The third-order valence-electron chi connectivity index (χ3n) is 2.69. The minimum Gasteiger partial charge on any atom is -0.591 e. The summed E-state index contributed by atoms with van der Waals surface area (Å²) in [6, 6.07) is 2.56. The van der Waals surface area contributed by atoms with Gasteiger partial charge in [-0.15, -0.1) is 0 Å². The van der Waals surface area contributed by atoms with Crippen molar-refractivity contribution in [2.24, 2.45) is 4.40 Å². The van der Waals surface area contributed by atoms with E-state index in [1.165, 1.54) is 6.92 Å². The molecular formula is C13H15F4NO3S2. The monoisotopic (exact) mass is 373 g/mol. The topological polar surface area (TPSA) is 69.6 Å². The molecule has 1 aromatic carbocycles. The summed E-state index contributed by atoms with van der Waals surface area (Å²) >= 11 is -1.77. The molecule has 0 saturated carbocycles. The van der Waals surface area contributed by atoms with Gasteiger partial charge >= 0.3 is 5.51 Å². The second-order valence-electron chi connectivity index (χ2n) is 5.61. The van der Waals surface area contributed by atoms with Gasteiger partial charge in [-0.2, -0.15) is 13.2 Å². The van der Waals surface area contributed by atoms with Crippen LogP contribution in [0.4, 0.5) is 17.6 Å². The Bertz CT molecular complexity index is 722. The van der Waals surface area contributed by atoms with Crippen LogP contribution in [0.2, 0.25) is 0 Å². The molecule has 0 aromatic heterocycles. The molecule has 0 aliphatic heterocycles. The highest BCUT2D eigenvalue weighted by atomic mass is 32.2. The van der Waals surface area contributed by atoms with E-state index >= 15 is 0 Å². The quantitative estimate of drug-likeness (QED) is 0.463. The van der Waals surface area contributed by atoms with Crippen LogP contribution in [-0.2, 0) is 21.2 Å². The Morgan fingerprint density at radius 1 is 1.22 bits per heavy atom. The number of hydrogen-bond donors (Lipinski definition) is 0. The number of benzene rings is 1. The second kappa shape index (κ2) is 6.40. The van der Waals surface area contributed by atoms with Crippen molar-refractivity contribution in [1.29, 1.82) is 0 Å². The molecule has 23 heavy (non-hydrogen) atoms. The average Bonchev–Trinajstić information content (AvgIpc) is 2.35. The molecule has 0 saturated heterocycles. The Labute approximate surface area is 134 Å². The highest BCUT2D eigenvalue weighted by Crippen LogP contribution is 2.32. The Morgan fingerprint density at radius 3 is 2.17 bits per heavy atom. The van der Waals surface area contributed by atoms with Gasteiger partial charge < -0.3 is 4.55 Å². The fourth-order valence-electron chi connectivity index (χ4n) is 1.43. The summed E-state index contributed by atoms with van der Waals surface area (Å²) in [6.07, 6.45) is 0. The summed E-state index contributed by atoms with van der Waals surface area (Å²) in [5.41, 5.74) is -6.23. The van der Waals surface area contributed by atoms with E-state index in [-0.39, 0.29) is 5.71 Å². The van der Waals surface area contributed by atoms with Crippen LogP contribution >= 0.6 is 0 Å². The number of nitrogens with zero attached hydrogens (tertiary/aromatic N) is 1. The van der Waals surface area contributed by atoms with Crippen molar-refractivity contribution in [1.82, 2.24) is 0 Å². The van der Waals surface area contributed by atoms with Gasteiger partial charge in [0.15, 0.2) is 5.82 Å². The van der Waals surface area contributed by atoms with E-state index in [9.17, 15) is 30.5 Å². The van der Waals surface area contributed by atoms with Gasteiger partial charge in [0.2, 0.25) is 0 Å². The first-order chi connectivity index (χ1) is 10.2. The van der Waals surface area contributed by atoms with Gasteiger partial charge in [0.25, 0.3) is 9.84 Å². The molecule has 1 aromatic rings. The number of alkyl halides is 3. The smallest absolute Gasteiger partial charge is 0.502 e. The standard InChI is InChI=1S/C13H15F4NO3S2/c1-8(18-22(19)12(2,3)4)9-6-5-7-10(11(9)14)23(20,21)13(15,16)17/h5-7H,1-4H3/t22-/m0/s1. The Morgan fingerprint density at radius 2 is 1.74 bits per heavy atom. The summed E-state index contributed by atoms with van der Waals surface area (Å²) in [6.45, 7) is 6.08. The fraction of sp³-hybridized carbons (Fsp3) is 0.462. The summed E-state index contributed by atoms with van der Waals surface area (Å²) in [7, 11) is -5.83. The Hall–Kier alpha value is -1.13. The van der Waals surface area contributed by atoms with Crippen LogP contribution in [0, 0.1) is 5.82 Å². The zero-order valence-corrected chi connectivity index (χ0v) is 14.4. The molecule has 0 radical (unpaired) electrons. The molecule has 0 unspecified atom stereocenters. The van der Waals surface area contributed by atoms with Crippen molar-refractivity contribution < 1.29 is 30.5 Å². The summed E-state index contributed by atoms with van der Waals surface area (Å²) in [5.74, 6) is -1.57. The lowest BCUT2D eigenvalue weighted by molar-refractivity contribution is -0.0437. The van der Waals surface area contributed by atoms with Crippen molar-refractivity contribution >= 4 is 26.9 Å². The van der Waals surface area contributed by atoms with Crippen LogP contribution < -0.4 is 0 Å². The van der Waals surface area contributed by atoms with E-state index in [2.05, 4.69) is 4.40 Å². The van der Waals surface area contributed by atoms with Gasteiger partial charge in [-0.3, -0.25) is 0 Å². The van der Waals surface area contributed by atoms with Crippen LogP contribution in [0.3, 0.4) is 0 Å². The van der Waals surface area contributed by atoms with Crippen molar-refractivity contribution in [3.63, 3.8) is 0 Å². The number of sulfone groups is 1. The maximum Gasteiger partial charge on any atom is 0.502 e. The summed E-state index contributed by atoms with van der Waals surface area (Å²) in [5, 5.41) is 0. The Balaban J connectivity index is 3.45. The molecule has 4 nitrogen and oxygen atoms in total. The minimum absolute atomic E-state index is 0.157. The molecule has 10 heteroatoms. The van der Waals surface area contributed by atoms with E-state index < -0.39 is 47.7 Å². The first-order valence-electron chi connectivity index (χ1n) is 6.27. The summed E-state index contributed by atoms with van der Waals surface area (Å²) in [4.78, 5) is -1.49. The molecule has 130 valence electrons. The van der Waals surface area contributed by atoms with Gasteiger partial charge in [-0.25, -0.2) is 12.8 Å². The Kier molecular flexibility index (Phi) is 5.55. The van der Waals surface area contributed by atoms with Gasteiger partial charge in [-0.05, 0) is 39.8 Å². The van der Waals surface area contributed by atoms with Gasteiger partial charge in [0.1, 0.15) is 21.0 Å². The molecule has 1 atom stereocenters. The van der Waals surface area contributed by atoms with E-state index in [1.54, 1.807) is 20.8 Å². The second-order valence-corrected chi connectivity index (χ2v) is 9.42. The molecule has 1 rings (SSSR count). The number of hydrogen-bond acceptors (Lipinski definition) is 4. The molecule has 0 aliphatic rings. The highest BCUT2D eigenvalue weighted by Gasteiger charge is 2.48. The zero-order chi connectivity index (χ0) is 18.2. The van der Waals surface area contributed by atoms with Crippen molar-refractivity contribution in [2.75, 3.05) is 0 Å². The first kappa shape index (κ1) is 19.9. The lowest BCUT2D eigenvalue weighted by atomic mass is 10.1. The molecule has 0 fully saturated rings. The predicted molar refractivity (Wildman–Crippen MR) is 79.7 cm³/mol. The van der Waals surface area contributed by atoms with Gasteiger partial charge in [0, 0.05) is 5.56 Å². The van der Waals surface area contributed by atoms with Crippen molar-refractivity contribution in [3.05, 3.63) is 29.6 Å². The normalized spacial score (nSPS) is 15.6. The first-order valence-corrected chi connectivity index (χ1v) is 8.86. The fourth-order valence-corrected chi connectivity index (χ4v) is 2.91. The van der Waals surface area contributed by atoms with Crippen LogP contribution in [-0.4, -0.2) is 28.9 Å². The molecule has 0 aliphatic carbocycles. The van der Waals surface area contributed by atoms with Gasteiger partial charge in [0.05, 0.1) is 5.71 Å². The van der Waals surface area contributed by atoms with Crippen LogP contribution in [0.5, 0.6) is 0 Å². The SMILES string of the molecule is CC(=N[S@@+]([O-])C(C)(C)C)c1cccc(S(=O)(=O)C(F)(F)F)c1F. The molecule has 0 heterocycles. The lowest BCUT2D eigenvalue weighted by Crippen LogP contribution is -2.27. The molecule has 0 amide bonds. The third-order valence-corrected chi connectivity index (χ3v) is 5.68. The highest BCUT2D eigenvalue weighted by molar-refractivity contribution is 7.92. The van der Waals surface area contributed by atoms with Crippen LogP contribution in [0.15, 0.2) is 27.5 Å². The lowest BCUT2D eigenvalue weighted by Gasteiger charge is -2.19. The number of rotatable bonds is 3. The largest absolute Gasteiger partial charge is 0.591 e. The third kappa shape index (κ3) is 4.24. The van der Waals surface area contributed by atoms with Crippen LogP contribution in [0.25, 0.3) is 0 Å². The van der Waals surface area contributed by atoms with E-state index in [0.717, 1.165) is 12.1 Å². The van der Waals surface area contributed by atoms with E-state index in [0.29, 0.717) is 6.07 Å². The molecule has 0 bridgehead atoms. The molecule has 0 spiro atoms. The molecular weight excluding hydrogens is 358 g/mol. The van der Waals surface area contributed by atoms with E-state index in [4.69, 9.17) is 0 Å². The average molecular weight is 373 g/mol. The molecule has 0 N–H and O–H groups in total. The predicted octanol–water partition coefficient (Wildman–Crippen LogP) is 3.39. The van der Waals surface area contributed by atoms with Crippen molar-refractivity contribution in [2.45, 2.75) is 42.8 Å². The van der Waals surface area contributed by atoms with Crippen LogP contribution in [0.1, 0.15) is 33.3 Å². The number of halogens is 4. The van der Waals surface area contributed by atoms with Crippen molar-refractivity contribution in [3.8, 4) is 0 Å². The van der Waals surface area contributed by atoms with E-state index in [1.807, 2.05) is 0 Å². The maximum absolute atomic E-state index is 14.2. The summed E-state index contributed by atoms with van der Waals surface area (Å²) < 4.78 is 89.5. The van der Waals surface area contributed by atoms with Gasteiger partial charge in [-0.1, -0.05) is 10.5 Å². The maximum atomic E-state index is 14.2. The zero-order valence-electron chi connectivity index (χ0n) is 12.7.